The van der Waals surface area contributed by atoms with Crippen LogP contribution in [0.1, 0.15) is 24.2 Å². The Morgan fingerprint density at radius 2 is 2.10 bits per heavy atom. The highest BCUT2D eigenvalue weighted by atomic mass is 16.5. The Bertz CT molecular complexity index is 595. The second-order valence-corrected chi connectivity index (χ2v) is 4.82. The molecule has 1 aromatic carbocycles. The lowest BCUT2D eigenvalue weighted by Crippen LogP contribution is -2.28. The second-order valence-electron chi connectivity index (χ2n) is 4.82. The third-order valence-corrected chi connectivity index (χ3v) is 3.00. The zero-order valence-corrected chi connectivity index (χ0v) is 11.7. The van der Waals surface area contributed by atoms with Crippen molar-refractivity contribution in [2.45, 2.75) is 25.5 Å². The van der Waals surface area contributed by atoms with E-state index in [9.17, 15) is 0 Å². The van der Waals surface area contributed by atoms with Crippen molar-refractivity contribution in [2.75, 3.05) is 0 Å². The van der Waals surface area contributed by atoms with Crippen LogP contribution in [0.3, 0.4) is 0 Å². The Balaban J connectivity index is 2.14. The van der Waals surface area contributed by atoms with Gasteiger partial charge < -0.3 is 10.5 Å². The molecule has 1 aromatic heterocycles. The van der Waals surface area contributed by atoms with Gasteiger partial charge >= 0.3 is 0 Å². The van der Waals surface area contributed by atoms with Gasteiger partial charge in [-0.05, 0) is 24.6 Å². The van der Waals surface area contributed by atoms with Gasteiger partial charge in [0.15, 0.2) is 0 Å². The molecule has 104 valence electrons. The van der Waals surface area contributed by atoms with Crippen molar-refractivity contribution in [1.82, 2.24) is 9.78 Å². The van der Waals surface area contributed by atoms with Crippen LogP contribution >= 0.6 is 0 Å². The SMILES string of the molecule is CC(N)C(Oc1ccc(CC#N)cc1)c1cnn(C)c1. The normalized spacial score (nSPS) is 13.5. The van der Waals surface area contributed by atoms with E-state index in [0.717, 1.165) is 16.9 Å². The molecule has 2 rings (SSSR count). The Hall–Kier alpha value is -2.32. The molecule has 0 aliphatic heterocycles. The highest BCUT2D eigenvalue weighted by Gasteiger charge is 2.19. The van der Waals surface area contributed by atoms with Crippen molar-refractivity contribution >= 4 is 0 Å². The summed E-state index contributed by atoms with van der Waals surface area (Å²) < 4.78 is 7.67. The van der Waals surface area contributed by atoms with Crippen LogP contribution in [0.25, 0.3) is 0 Å². The lowest BCUT2D eigenvalue weighted by atomic mass is 10.1. The van der Waals surface area contributed by atoms with Crippen molar-refractivity contribution < 1.29 is 4.74 Å². The number of hydrogen-bond acceptors (Lipinski definition) is 4. The largest absolute Gasteiger partial charge is 0.484 e. The van der Waals surface area contributed by atoms with Gasteiger partial charge in [-0.1, -0.05) is 12.1 Å². The predicted molar refractivity (Wildman–Crippen MR) is 76.0 cm³/mol. The number of nitrogens with zero attached hydrogens (tertiary/aromatic N) is 3. The Kier molecular flexibility index (Phi) is 4.38. The van der Waals surface area contributed by atoms with E-state index >= 15 is 0 Å². The number of aryl methyl sites for hydroxylation is 1. The monoisotopic (exact) mass is 270 g/mol. The van der Waals surface area contributed by atoms with Crippen molar-refractivity contribution in [3.05, 3.63) is 47.8 Å². The maximum Gasteiger partial charge on any atom is 0.141 e. The molecule has 0 aliphatic carbocycles. The van der Waals surface area contributed by atoms with Crippen LogP contribution in [0.15, 0.2) is 36.7 Å². The summed E-state index contributed by atoms with van der Waals surface area (Å²) in [5.41, 5.74) is 7.92. The number of hydrogen-bond donors (Lipinski definition) is 1. The Morgan fingerprint density at radius 3 is 2.60 bits per heavy atom. The topological polar surface area (TPSA) is 76.9 Å². The van der Waals surface area contributed by atoms with Gasteiger partial charge in [0.25, 0.3) is 0 Å². The summed E-state index contributed by atoms with van der Waals surface area (Å²) in [6, 6.07) is 9.46. The van der Waals surface area contributed by atoms with E-state index in [2.05, 4.69) is 11.2 Å². The molecule has 0 aliphatic rings. The first-order valence-corrected chi connectivity index (χ1v) is 6.47. The van der Waals surface area contributed by atoms with Gasteiger partial charge in [0.1, 0.15) is 11.9 Å². The van der Waals surface area contributed by atoms with Crippen LogP contribution in [0.5, 0.6) is 5.75 Å². The zero-order chi connectivity index (χ0) is 14.5. The molecule has 0 saturated heterocycles. The summed E-state index contributed by atoms with van der Waals surface area (Å²) in [7, 11) is 1.86. The molecule has 0 fully saturated rings. The lowest BCUT2D eigenvalue weighted by Gasteiger charge is -2.21. The van der Waals surface area contributed by atoms with Gasteiger partial charge in [-0.2, -0.15) is 10.4 Å². The van der Waals surface area contributed by atoms with Gasteiger partial charge in [-0.25, -0.2) is 0 Å². The summed E-state index contributed by atoms with van der Waals surface area (Å²) in [6.07, 6.45) is 3.82. The van der Waals surface area contributed by atoms with Crippen molar-refractivity contribution in [1.29, 1.82) is 5.26 Å². The fourth-order valence-corrected chi connectivity index (χ4v) is 1.99. The number of aromatic nitrogens is 2. The third-order valence-electron chi connectivity index (χ3n) is 3.00. The molecule has 5 nitrogen and oxygen atoms in total. The molecule has 0 saturated carbocycles. The molecule has 0 radical (unpaired) electrons. The first kappa shape index (κ1) is 14.1. The highest BCUT2D eigenvalue weighted by Crippen LogP contribution is 2.24. The van der Waals surface area contributed by atoms with Gasteiger partial charge in [0.2, 0.25) is 0 Å². The third kappa shape index (κ3) is 3.37. The number of nitrogens with two attached hydrogens (primary N) is 1. The molecule has 0 amide bonds. The number of benzene rings is 1. The molecular formula is C15H18N4O. The van der Waals surface area contributed by atoms with Gasteiger partial charge in [0, 0.05) is 24.8 Å². The van der Waals surface area contributed by atoms with Crippen LogP contribution in [0, 0.1) is 11.3 Å². The summed E-state index contributed by atoms with van der Waals surface area (Å²) >= 11 is 0. The number of rotatable bonds is 5. The van der Waals surface area contributed by atoms with Crippen LogP contribution in [-0.4, -0.2) is 15.8 Å². The second kappa shape index (κ2) is 6.22. The fourth-order valence-electron chi connectivity index (χ4n) is 1.99. The van der Waals surface area contributed by atoms with Crippen LogP contribution in [0.4, 0.5) is 0 Å². The van der Waals surface area contributed by atoms with Gasteiger partial charge in [-0.15, -0.1) is 0 Å². The molecule has 2 unspecified atom stereocenters. The molecule has 2 aromatic rings. The van der Waals surface area contributed by atoms with Crippen molar-refractivity contribution in [3.8, 4) is 11.8 Å². The van der Waals surface area contributed by atoms with Crippen LogP contribution < -0.4 is 10.5 Å². The van der Waals surface area contributed by atoms with Crippen LogP contribution in [-0.2, 0) is 13.5 Å². The van der Waals surface area contributed by atoms with E-state index in [1.165, 1.54) is 0 Å². The number of ether oxygens (including phenoxy) is 1. The molecule has 2 atom stereocenters. The van der Waals surface area contributed by atoms with Crippen molar-refractivity contribution in [3.63, 3.8) is 0 Å². The maximum atomic E-state index is 8.65. The van der Waals surface area contributed by atoms with E-state index in [0.29, 0.717) is 6.42 Å². The Labute approximate surface area is 118 Å². The quantitative estimate of drug-likeness (QED) is 0.901. The minimum Gasteiger partial charge on any atom is -0.484 e. The standard InChI is InChI=1S/C15H18N4O/c1-11(17)15(13-9-18-19(2)10-13)20-14-5-3-12(4-6-14)7-8-16/h3-6,9-11,15H,7,17H2,1-2H3. The molecule has 20 heavy (non-hydrogen) atoms. The average molecular weight is 270 g/mol. The summed E-state index contributed by atoms with van der Waals surface area (Å²) in [5.74, 6) is 0.734. The lowest BCUT2D eigenvalue weighted by molar-refractivity contribution is 0.180. The zero-order valence-electron chi connectivity index (χ0n) is 11.7. The Morgan fingerprint density at radius 1 is 1.40 bits per heavy atom. The first-order valence-electron chi connectivity index (χ1n) is 6.47. The van der Waals surface area contributed by atoms with E-state index in [4.69, 9.17) is 15.7 Å². The van der Waals surface area contributed by atoms with Gasteiger partial charge in [-0.3, -0.25) is 4.68 Å². The maximum absolute atomic E-state index is 8.65. The minimum absolute atomic E-state index is 0.155. The summed E-state index contributed by atoms with van der Waals surface area (Å²) in [4.78, 5) is 0. The fraction of sp³-hybridized carbons (Fsp3) is 0.333. The molecule has 0 spiro atoms. The van der Waals surface area contributed by atoms with Gasteiger partial charge in [0.05, 0.1) is 18.7 Å². The smallest absolute Gasteiger partial charge is 0.141 e. The average Bonchev–Trinajstić information content (AvgIpc) is 2.84. The van der Waals surface area contributed by atoms with E-state index in [1.54, 1.807) is 10.9 Å². The van der Waals surface area contributed by atoms with Crippen LogP contribution in [0.2, 0.25) is 0 Å². The highest BCUT2D eigenvalue weighted by molar-refractivity contribution is 5.29. The number of nitriles is 1. The molecule has 2 N–H and O–H groups in total. The molecule has 1 heterocycles. The predicted octanol–water partition coefficient (Wildman–Crippen LogP) is 1.95. The van der Waals surface area contributed by atoms with E-state index < -0.39 is 0 Å². The minimum atomic E-state index is -0.245. The molecule has 5 heteroatoms. The van der Waals surface area contributed by atoms with E-state index in [-0.39, 0.29) is 12.1 Å². The first-order chi connectivity index (χ1) is 9.60. The molecular weight excluding hydrogens is 252 g/mol. The van der Waals surface area contributed by atoms with Crippen molar-refractivity contribution in [2.24, 2.45) is 12.8 Å². The summed E-state index contributed by atoms with van der Waals surface area (Å²) in [6.45, 7) is 1.90. The van der Waals surface area contributed by atoms with E-state index in [1.807, 2.05) is 44.4 Å². The summed E-state index contributed by atoms with van der Waals surface area (Å²) in [5, 5.41) is 12.8. The molecule has 0 bridgehead atoms.